The van der Waals surface area contributed by atoms with Gasteiger partial charge in [0.2, 0.25) is 5.91 Å². The predicted molar refractivity (Wildman–Crippen MR) is 97.4 cm³/mol. The summed E-state index contributed by atoms with van der Waals surface area (Å²) in [4.78, 5) is 11.9. The van der Waals surface area contributed by atoms with Crippen molar-refractivity contribution in [3.05, 3.63) is 72.8 Å². The highest BCUT2D eigenvalue weighted by molar-refractivity contribution is 5.95. The van der Waals surface area contributed by atoms with Crippen LogP contribution in [0, 0.1) is 0 Å². The number of benzene rings is 3. The van der Waals surface area contributed by atoms with Crippen LogP contribution in [0.15, 0.2) is 72.8 Å². The molecular weight excluding hydrogens is 300 g/mol. The molecule has 4 nitrogen and oxygen atoms in total. The van der Waals surface area contributed by atoms with Gasteiger partial charge in [0.05, 0.1) is 13.1 Å². The highest BCUT2D eigenvalue weighted by Crippen LogP contribution is 2.22. The minimum absolute atomic E-state index is 0.0559. The van der Waals surface area contributed by atoms with Crippen LogP contribution in [0.3, 0.4) is 0 Å². The number of ether oxygens (including phenoxy) is 1. The summed E-state index contributed by atoms with van der Waals surface area (Å²) < 4.78 is 5.54. The summed E-state index contributed by atoms with van der Waals surface area (Å²) >= 11 is 0. The monoisotopic (exact) mass is 320 g/mol. The number of nitrogens with one attached hydrogen (secondary N) is 2. The molecule has 24 heavy (non-hydrogen) atoms. The Morgan fingerprint density at radius 1 is 0.875 bits per heavy atom. The quantitative estimate of drug-likeness (QED) is 0.656. The lowest BCUT2D eigenvalue weighted by molar-refractivity contribution is -0.119. The second kappa shape index (κ2) is 8.02. The fourth-order valence-corrected chi connectivity index (χ4v) is 2.49. The number of para-hydroxylation sites is 1. The Morgan fingerprint density at radius 3 is 2.50 bits per heavy atom. The zero-order valence-corrected chi connectivity index (χ0v) is 13.4. The van der Waals surface area contributed by atoms with Crippen molar-refractivity contribution >= 4 is 22.4 Å². The Labute approximate surface area is 141 Å². The lowest BCUT2D eigenvalue weighted by atomic mass is 10.1. The summed E-state index contributed by atoms with van der Waals surface area (Å²) in [5.41, 5.74) is 0.962. The molecule has 4 heteroatoms. The highest BCUT2D eigenvalue weighted by Gasteiger charge is 2.03. The van der Waals surface area contributed by atoms with E-state index < -0.39 is 0 Å². The first-order valence-corrected chi connectivity index (χ1v) is 7.99. The zero-order chi connectivity index (χ0) is 16.6. The van der Waals surface area contributed by atoms with Gasteiger partial charge < -0.3 is 15.4 Å². The highest BCUT2D eigenvalue weighted by atomic mass is 16.5. The third-order valence-corrected chi connectivity index (χ3v) is 3.67. The second-order valence-electron chi connectivity index (χ2n) is 5.39. The normalized spacial score (nSPS) is 10.3. The van der Waals surface area contributed by atoms with E-state index in [0.29, 0.717) is 13.2 Å². The molecule has 0 saturated heterocycles. The topological polar surface area (TPSA) is 50.4 Å². The van der Waals surface area contributed by atoms with Gasteiger partial charge in [0.25, 0.3) is 0 Å². The summed E-state index contributed by atoms with van der Waals surface area (Å²) in [5, 5.41) is 8.30. The maximum atomic E-state index is 11.9. The Hall–Kier alpha value is -3.01. The van der Waals surface area contributed by atoms with Crippen molar-refractivity contribution < 1.29 is 9.53 Å². The molecule has 3 aromatic rings. The van der Waals surface area contributed by atoms with Gasteiger partial charge >= 0.3 is 0 Å². The summed E-state index contributed by atoms with van der Waals surface area (Å²) in [7, 11) is 0. The summed E-state index contributed by atoms with van der Waals surface area (Å²) in [5.74, 6) is 0.750. The van der Waals surface area contributed by atoms with Gasteiger partial charge in [0.15, 0.2) is 0 Å². The number of amides is 1. The van der Waals surface area contributed by atoms with Crippen molar-refractivity contribution in [2.75, 3.05) is 25.0 Å². The van der Waals surface area contributed by atoms with E-state index in [0.717, 1.165) is 22.2 Å². The van der Waals surface area contributed by atoms with Gasteiger partial charge in [-0.15, -0.1) is 0 Å². The van der Waals surface area contributed by atoms with Gasteiger partial charge in [-0.3, -0.25) is 4.79 Å². The van der Waals surface area contributed by atoms with Crippen LogP contribution < -0.4 is 15.4 Å². The van der Waals surface area contributed by atoms with Crippen LogP contribution in [-0.2, 0) is 4.79 Å². The van der Waals surface area contributed by atoms with Crippen molar-refractivity contribution in [3.8, 4) is 5.75 Å². The number of hydrogen-bond acceptors (Lipinski definition) is 3. The fraction of sp³-hybridized carbons (Fsp3) is 0.150. The molecule has 0 atom stereocenters. The number of anilines is 1. The van der Waals surface area contributed by atoms with Crippen LogP contribution in [-0.4, -0.2) is 25.6 Å². The maximum Gasteiger partial charge on any atom is 0.239 e. The third kappa shape index (κ3) is 4.26. The molecule has 0 bridgehead atoms. The van der Waals surface area contributed by atoms with Crippen molar-refractivity contribution in [2.24, 2.45) is 0 Å². The minimum atomic E-state index is -0.0559. The molecule has 0 radical (unpaired) electrons. The smallest absolute Gasteiger partial charge is 0.239 e. The maximum absolute atomic E-state index is 11.9. The number of hydrogen-bond donors (Lipinski definition) is 2. The first-order valence-electron chi connectivity index (χ1n) is 7.99. The van der Waals surface area contributed by atoms with Crippen LogP contribution in [0.4, 0.5) is 5.69 Å². The SMILES string of the molecule is O=C(CNc1cccc2ccccc12)NCCOc1ccccc1. The summed E-state index contributed by atoms with van der Waals surface area (Å²) in [6, 6.07) is 23.7. The van der Waals surface area contributed by atoms with Crippen LogP contribution in [0.2, 0.25) is 0 Å². The molecule has 122 valence electrons. The van der Waals surface area contributed by atoms with Crippen LogP contribution >= 0.6 is 0 Å². The standard InChI is InChI=1S/C20H20N2O2/c23-20(21-13-14-24-17-9-2-1-3-10-17)15-22-19-12-6-8-16-7-4-5-11-18(16)19/h1-12,22H,13-15H2,(H,21,23). The summed E-state index contributed by atoms with van der Waals surface area (Å²) in [6.07, 6.45) is 0. The Balaban J connectivity index is 1.44. The third-order valence-electron chi connectivity index (χ3n) is 3.67. The van der Waals surface area contributed by atoms with Crippen molar-refractivity contribution in [2.45, 2.75) is 0 Å². The molecule has 0 unspecified atom stereocenters. The van der Waals surface area contributed by atoms with Crippen LogP contribution in [0.25, 0.3) is 10.8 Å². The number of rotatable bonds is 7. The Morgan fingerprint density at radius 2 is 1.62 bits per heavy atom. The van der Waals surface area contributed by atoms with Crippen LogP contribution in [0.1, 0.15) is 0 Å². The van der Waals surface area contributed by atoms with Crippen LogP contribution in [0.5, 0.6) is 5.75 Å². The van der Waals surface area contributed by atoms with E-state index in [1.807, 2.05) is 60.7 Å². The lowest BCUT2D eigenvalue weighted by Crippen LogP contribution is -2.33. The predicted octanol–water partition coefficient (Wildman–Crippen LogP) is 3.45. The average molecular weight is 320 g/mol. The molecule has 0 saturated carbocycles. The molecule has 2 N–H and O–H groups in total. The molecule has 0 aliphatic heterocycles. The van der Waals surface area contributed by atoms with Gasteiger partial charge in [-0.05, 0) is 23.6 Å². The van der Waals surface area contributed by atoms with E-state index in [2.05, 4.69) is 22.8 Å². The molecule has 0 spiro atoms. The lowest BCUT2D eigenvalue weighted by Gasteiger charge is -2.11. The molecule has 0 aliphatic rings. The largest absolute Gasteiger partial charge is 0.492 e. The van der Waals surface area contributed by atoms with Gasteiger partial charge in [-0.1, -0.05) is 54.6 Å². The first-order chi connectivity index (χ1) is 11.8. The second-order valence-corrected chi connectivity index (χ2v) is 5.39. The number of carbonyl (C=O) groups is 1. The van der Waals surface area contributed by atoms with Gasteiger partial charge in [0, 0.05) is 11.1 Å². The van der Waals surface area contributed by atoms with Crippen molar-refractivity contribution in [1.29, 1.82) is 0 Å². The van der Waals surface area contributed by atoms with E-state index >= 15 is 0 Å². The Kier molecular flexibility index (Phi) is 5.30. The molecule has 1 amide bonds. The fourth-order valence-electron chi connectivity index (χ4n) is 2.49. The van der Waals surface area contributed by atoms with Crippen molar-refractivity contribution in [3.63, 3.8) is 0 Å². The van der Waals surface area contributed by atoms with E-state index in [1.165, 1.54) is 0 Å². The molecule has 0 fully saturated rings. The molecule has 0 aromatic heterocycles. The van der Waals surface area contributed by atoms with E-state index in [1.54, 1.807) is 0 Å². The van der Waals surface area contributed by atoms with Gasteiger partial charge in [0.1, 0.15) is 12.4 Å². The number of fused-ring (bicyclic) bond motifs is 1. The van der Waals surface area contributed by atoms with E-state index in [-0.39, 0.29) is 12.5 Å². The zero-order valence-electron chi connectivity index (χ0n) is 13.4. The van der Waals surface area contributed by atoms with E-state index in [9.17, 15) is 4.79 Å². The first kappa shape index (κ1) is 15.9. The van der Waals surface area contributed by atoms with Gasteiger partial charge in [-0.2, -0.15) is 0 Å². The molecule has 0 aliphatic carbocycles. The Bertz CT molecular complexity index is 798. The molecule has 3 rings (SSSR count). The summed E-state index contributed by atoms with van der Waals surface area (Å²) in [6.45, 7) is 1.16. The minimum Gasteiger partial charge on any atom is -0.492 e. The molecule has 3 aromatic carbocycles. The van der Waals surface area contributed by atoms with E-state index in [4.69, 9.17) is 4.74 Å². The number of carbonyl (C=O) groups excluding carboxylic acids is 1. The van der Waals surface area contributed by atoms with Gasteiger partial charge in [-0.25, -0.2) is 0 Å². The molecule has 0 heterocycles. The van der Waals surface area contributed by atoms with Crippen molar-refractivity contribution in [1.82, 2.24) is 5.32 Å². The average Bonchev–Trinajstić information content (AvgIpc) is 2.64. The molecular formula is C20H20N2O2.